The monoisotopic (exact) mass is 372 g/mol. The van der Waals surface area contributed by atoms with E-state index >= 15 is 0 Å². The lowest BCUT2D eigenvalue weighted by atomic mass is 10.0. The maximum absolute atomic E-state index is 13.2. The van der Waals surface area contributed by atoms with E-state index in [2.05, 4.69) is 15.6 Å². The van der Waals surface area contributed by atoms with Crippen LogP contribution in [0.15, 0.2) is 24.3 Å². The van der Waals surface area contributed by atoms with E-state index in [1.165, 1.54) is 16.8 Å². The van der Waals surface area contributed by atoms with Crippen LogP contribution in [0.1, 0.15) is 42.4 Å². The first-order valence-electron chi connectivity index (χ1n) is 9.21. The molecule has 0 saturated carbocycles. The molecule has 1 amide bonds. The van der Waals surface area contributed by atoms with Crippen molar-refractivity contribution in [2.45, 2.75) is 39.2 Å². The first kappa shape index (κ1) is 19.0. The number of nitrogens with one attached hydrogen (secondary N) is 1. The van der Waals surface area contributed by atoms with Gasteiger partial charge in [-0.15, -0.1) is 5.10 Å². The van der Waals surface area contributed by atoms with E-state index in [1.54, 1.807) is 19.1 Å². The number of nitrogens with zero attached hydrogens (tertiary/aromatic N) is 5. The Kier molecular flexibility index (Phi) is 5.80. The largest absolute Gasteiger partial charge is 0.334 e. The summed E-state index contributed by atoms with van der Waals surface area (Å²) in [5, 5.41) is 22.5. The third-order valence-electron chi connectivity index (χ3n) is 4.86. The Morgan fingerprint density at radius 1 is 1.41 bits per heavy atom. The maximum atomic E-state index is 13.2. The van der Waals surface area contributed by atoms with Crippen LogP contribution in [0.3, 0.4) is 0 Å². The number of benzene rings is 1. The van der Waals surface area contributed by atoms with Crippen LogP contribution in [0.4, 0.5) is 5.69 Å². The molecule has 1 aromatic carbocycles. The smallest absolute Gasteiger partial charge is 0.276 e. The molecule has 9 heteroatoms. The normalized spacial score (nSPS) is 14.9. The van der Waals surface area contributed by atoms with E-state index in [0.29, 0.717) is 23.6 Å². The van der Waals surface area contributed by atoms with Crippen molar-refractivity contribution < 1.29 is 9.72 Å². The molecule has 0 unspecified atom stereocenters. The Morgan fingerprint density at radius 2 is 2.15 bits per heavy atom. The number of rotatable bonds is 6. The van der Waals surface area contributed by atoms with Gasteiger partial charge in [0.05, 0.1) is 16.3 Å². The molecule has 27 heavy (non-hydrogen) atoms. The van der Waals surface area contributed by atoms with Gasteiger partial charge in [-0.05, 0) is 45.3 Å². The molecule has 0 aliphatic carbocycles. The minimum atomic E-state index is -0.456. The van der Waals surface area contributed by atoms with Crippen molar-refractivity contribution in [2.24, 2.45) is 0 Å². The van der Waals surface area contributed by atoms with Crippen LogP contribution in [0, 0.1) is 17.0 Å². The summed E-state index contributed by atoms with van der Waals surface area (Å²) in [6.07, 6.45) is 2.71. The highest BCUT2D eigenvalue weighted by Crippen LogP contribution is 2.21. The quantitative estimate of drug-likeness (QED) is 0.615. The molecule has 144 valence electrons. The van der Waals surface area contributed by atoms with Gasteiger partial charge in [0.15, 0.2) is 5.69 Å². The van der Waals surface area contributed by atoms with E-state index in [-0.39, 0.29) is 17.6 Å². The van der Waals surface area contributed by atoms with Crippen molar-refractivity contribution in [3.63, 3.8) is 0 Å². The van der Waals surface area contributed by atoms with Gasteiger partial charge in [-0.3, -0.25) is 14.9 Å². The van der Waals surface area contributed by atoms with Crippen molar-refractivity contribution in [3.05, 3.63) is 45.8 Å². The van der Waals surface area contributed by atoms with Crippen LogP contribution >= 0.6 is 0 Å². The van der Waals surface area contributed by atoms with Crippen molar-refractivity contribution in [1.29, 1.82) is 0 Å². The predicted octanol–water partition coefficient (Wildman–Crippen LogP) is 2.09. The molecule has 1 saturated heterocycles. The van der Waals surface area contributed by atoms with Gasteiger partial charge in [-0.1, -0.05) is 18.2 Å². The van der Waals surface area contributed by atoms with Gasteiger partial charge in [0.2, 0.25) is 0 Å². The van der Waals surface area contributed by atoms with Crippen LogP contribution in [0.25, 0.3) is 5.69 Å². The van der Waals surface area contributed by atoms with Crippen molar-refractivity contribution in [1.82, 2.24) is 25.2 Å². The molecule has 0 spiro atoms. The fourth-order valence-corrected chi connectivity index (χ4v) is 3.46. The molecule has 1 aromatic heterocycles. The number of non-ortho nitro benzene ring substituents is 1. The first-order valence-corrected chi connectivity index (χ1v) is 9.21. The number of carbonyl (C=O) groups excluding carboxylic acids is 1. The standard InChI is InChI=1S/C18H24N6O3/c1-3-11-22(14-7-9-19-10-8-14)18(25)17-13(2)23(21-20-17)15-5-4-6-16(12-15)24(26)27/h4-6,12,14,19H,3,7-11H2,1-2H3. The van der Waals surface area contributed by atoms with Gasteiger partial charge in [-0.2, -0.15) is 0 Å². The Morgan fingerprint density at radius 3 is 2.81 bits per heavy atom. The number of aromatic nitrogens is 3. The number of hydrogen-bond donors (Lipinski definition) is 1. The highest BCUT2D eigenvalue weighted by atomic mass is 16.6. The molecule has 3 rings (SSSR count). The fraction of sp³-hybridized carbons (Fsp3) is 0.500. The van der Waals surface area contributed by atoms with Crippen LogP contribution < -0.4 is 5.32 Å². The van der Waals surface area contributed by atoms with Crippen LogP contribution in [-0.2, 0) is 0 Å². The van der Waals surface area contributed by atoms with Gasteiger partial charge in [0.25, 0.3) is 11.6 Å². The number of piperidine rings is 1. The van der Waals surface area contributed by atoms with E-state index in [4.69, 9.17) is 0 Å². The zero-order valence-electron chi connectivity index (χ0n) is 15.6. The molecule has 1 fully saturated rings. The highest BCUT2D eigenvalue weighted by Gasteiger charge is 2.29. The predicted molar refractivity (Wildman–Crippen MR) is 100.0 cm³/mol. The Hall–Kier alpha value is -2.81. The minimum Gasteiger partial charge on any atom is -0.334 e. The lowest BCUT2D eigenvalue weighted by molar-refractivity contribution is -0.384. The number of amides is 1. The van der Waals surface area contributed by atoms with E-state index in [1.807, 2.05) is 11.8 Å². The summed E-state index contributed by atoms with van der Waals surface area (Å²) in [6, 6.07) is 6.34. The molecule has 2 aromatic rings. The lowest BCUT2D eigenvalue weighted by Gasteiger charge is -2.34. The second-order valence-corrected chi connectivity index (χ2v) is 6.69. The Bertz CT molecular complexity index is 828. The lowest BCUT2D eigenvalue weighted by Crippen LogP contribution is -2.46. The minimum absolute atomic E-state index is 0.0300. The summed E-state index contributed by atoms with van der Waals surface area (Å²) < 4.78 is 1.48. The number of carbonyl (C=O) groups is 1. The fourth-order valence-electron chi connectivity index (χ4n) is 3.46. The molecular formula is C18H24N6O3. The van der Waals surface area contributed by atoms with Gasteiger partial charge in [0.1, 0.15) is 0 Å². The van der Waals surface area contributed by atoms with Crippen molar-refractivity contribution >= 4 is 11.6 Å². The summed E-state index contributed by atoms with van der Waals surface area (Å²) in [5.41, 5.74) is 1.36. The number of hydrogen-bond acceptors (Lipinski definition) is 6. The van der Waals surface area contributed by atoms with Crippen molar-refractivity contribution in [2.75, 3.05) is 19.6 Å². The highest BCUT2D eigenvalue weighted by molar-refractivity contribution is 5.93. The molecule has 0 radical (unpaired) electrons. The van der Waals surface area contributed by atoms with E-state index in [0.717, 1.165) is 32.4 Å². The SMILES string of the molecule is CCCN(C(=O)c1nnn(-c2cccc([N+](=O)[O-])c2)c1C)C1CCNCC1. The van der Waals surface area contributed by atoms with Gasteiger partial charge in [0, 0.05) is 24.7 Å². The van der Waals surface area contributed by atoms with Crippen LogP contribution in [0.5, 0.6) is 0 Å². The van der Waals surface area contributed by atoms with Gasteiger partial charge < -0.3 is 10.2 Å². The summed E-state index contributed by atoms with van der Waals surface area (Å²) in [4.78, 5) is 25.6. The zero-order valence-corrected chi connectivity index (χ0v) is 15.6. The Labute approximate surface area is 157 Å². The molecule has 1 aliphatic heterocycles. The topological polar surface area (TPSA) is 106 Å². The summed E-state index contributed by atoms with van der Waals surface area (Å²) in [7, 11) is 0. The second-order valence-electron chi connectivity index (χ2n) is 6.69. The summed E-state index contributed by atoms with van der Waals surface area (Å²) >= 11 is 0. The molecule has 2 heterocycles. The third-order valence-corrected chi connectivity index (χ3v) is 4.86. The van der Waals surface area contributed by atoms with Crippen molar-refractivity contribution in [3.8, 4) is 5.69 Å². The molecular weight excluding hydrogens is 348 g/mol. The second kappa shape index (κ2) is 8.26. The van der Waals surface area contributed by atoms with E-state index < -0.39 is 4.92 Å². The number of nitro benzene ring substituents is 1. The average Bonchev–Trinajstić information content (AvgIpc) is 3.07. The third kappa shape index (κ3) is 3.97. The summed E-state index contributed by atoms with van der Waals surface area (Å²) in [5.74, 6) is -0.127. The van der Waals surface area contributed by atoms with Crippen LogP contribution in [-0.4, -0.2) is 56.4 Å². The van der Waals surface area contributed by atoms with E-state index in [9.17, 15) is 14.9 Å². The molecule has 9 nitrogen and oxygen atoms in total. The number of nitro groups is 1. The molecule has 0 atom stereocenters. The maximum Gasteiger partial charge on any atom is 0.276 e. The zero-order chi connectivity index (χ0) is 19.4. The summed E-state index contributed by atoms with van der Waals surface area (Å²) in [6.45, 7) is 6.29. The molecule has 1 aliphatic rings. The van der Waals surface area contributed by atoms with Gasteiger partial charge in [-0.25, -0.2) is 4.68 Å². The van der Waals surface area contributed by atoms with Gasteiger partial charge >= 0.3 is 0 Å². The Balaban J connectivity index is 1.90. The van der Waals surface area contributed by atoms with Crippen LogP contribution in [0.2, 0.25) is 0 Å². The average molecular weight is 372 g/mol. The first-order chi connectivity index (χ1) is 13.0. The molecule has 1 N–H and O–H groups in total. The molecule has 0 bridgehead atoms.